The number of nitrogens with one attached hydrogen (secondary N) is 2. The fraction of sp³-hybridized carbons (Fsp3) is 0.217. The highest BCUT2D eigenvalue weighted by molar-refractivity contribution is 7.92. The number of carboxylic acid groups (broad SMARTS) is 1. The monoisotopic (exact) mass is 510 g/mol. The number of benzene rings is 2. The van der Waals surface area contributed by atoms with E-state index in [2.05, 4.69) is 10.0 Å². The first-order chi connectivity index (χ1) is 16.4. The predicted octanol–water partition coefficient (Wildman–Crippen LogP) is 4.06. The number of carboxylic acids is 1. The number of sulfonamides is 1. The molecule has 0 spiro atoms. The van der Waals surface area contributed by atoms with Crippen molar-refractivity contribution >= 4 is 27.6 Å². The molecule has 8 nitrogen and oxygen atoms in total. The number of alkyl halides is 3. The molecule has 1 aliphatic carbocycles. The van der Waals surface area contributed by atoms with Crippen molar-refractivity contribution in [3.8, 4) is 0 Å². The van der Waals surface area contributed by atoms with E-state index in [0.717, 1.165) is 18.4 Å². The summed E-state index contributed by atoms with van der Waals surface area (Å²) in [5.74, 6) is -2.09. The molecular weight excluding hydrogens is 489 g/mol. The van der Waals surface area contributed by atoms with Gasteiger partial charge in [0.15, 0.2) is 0 Å². The van der Waals surface area contributed by atoms with Crippen molar-refractivity contribution in [2.75, 3.05) is 4.72 Å². The van der Waals surface area contributed by atoms with Crippen LogP contribution in [0.1, 0.15) is 24.2 Å². The van der Waals surface area contributed by atoms with Crippen molar-refractivity contribution in [2.24, 2.45) is 0 Å². The van der Waals surface area contributed by atoms with E-state index in [1.54, 1.807) is 54.8 Å². The maximum Gasteiger partial charge on any atom is 0.490 e. The van der Waals surface area contributed by atoms with E-state index < -0.39 is 27.6 Å². The lowest BCUT2D eigenvalue weighted by Crippen LogP contribution is -2.34. The number of halogens is 3. The minimum atomic E-state index is -5.08. The van der Waals surface area contributed by atoms with Gasteiger partial charge in [0.1, 0.15) is 5.76 Å². The highest BCUT2D eigenvalue weighted by Gasteiger charge is 2.51. The van der Waals surface area contributed by atoms with Gasteiger partial charge in [-0.25, -0.2) is 13.2 Å². The summed E-state index contributed by atoms with van der Waals surface area (Å²) in [6.45, 7) is 0.350. The Labute approximate surface area is 198 Å². The molecule has 4 rings (SSSR count). The van der Waals surface area contributed by atoms with Crippen LogP contribution < -0.4 is 10.0 Å². The molecule has 3 aromatic rings. The molecule has 1 aromatic heterocycles. The number of carbonyl (C=O) groups excluding carboxylic acids is 1. The maximum absolute atomic E-state index is 12.7. The average molecular weight is 510 g/mol. The Bertz CT molecular complexity index is 1250. The van der Waals surface area contributed by atoms with Gasteiger partial charge in [0.05, 0.1) is 23.1 Å². The van der Waals surface area contributed by atoms with Crippen LogP contribution >= 0.6 is 0 Å². The number of aliphatic carboxylic acids is 1. The first-order valence-electron chi connectivity index (χ1n) is 10.2. The van der Waals surface area contributed by atoms with Gasteiger partial charge in [0.2, 0.25) is 5.91 Å². The minimum Gasteiger partial charge on any atom is -0.475 e. The highest BCUT2D eigenvalue weighted by atomic mass is 32.2. The molecule has 1 amide bonds. The van der Waals surface area contributed by atoms with Crippen LogP contribution in [-0.2, 0) is 31.6 Å². The Morgan fingerprint density at radius 2 is 1.57 bits per heavy atom. The lowest BCUT2D eigenvalue weighted by Gasteiger charge is -2.16. The fourth-order valence-electron chi connectivity index (χ4n) is 3.19. The van der Waals surface area contributed by atoms with Crippen LogP contribution in [0, 0.1) is 0 Å². The summed E-state index contributed by atoms with van der Waals surface area (Å²) in [4.78, 5) is 21.8. The third kappa shape index (κ3) is 6.63. The number of anilines is 1. The summed E-state index contributed by atoms with van der Waals surface area (Å²) in [7, 11) is -3.64. The van der Waals surface area contributed by atoms with E-state index in [-0.39, 0.29) is 10.8 Å². The SMILES string of the molecule is O=C(NCc1ccco1)C1(c2ccc(NS(=O)(=O)c3ccccc3)cc2)CC1.O=C(O)C(F)(F)F. The van der Waals surface area contributed by atoms with Gasteiger partial charge in [-0.2, -0.15) is 13.2 Å². The third-order valence-corrected chi connectivity index (χ3v) is 6.57. The van der Waals surface area contributed by atoms with Crippen molar-refractivity contribution in [3.63, 3.8) is 0 Å². The number of carbonyl (C=O) groups is 2. The lowest BCUT2D eigenvalue weighted by molar-refractivity contribution is -0.192. The lowest BCUT2D eigenvalue weighted by atomic mass is 9.95. The molecule has 0 radical (unpaired) electrons. The number of amides is 1. The van der Waals surface area contributed by atoms with Crippen LogP contribution in [-0.4, -0.2) is 31.6 Å². The molecule has 1 fully saturated rings. The van der Waals surface area contributed by atoms with Crippen LogP contribution in [0.15, 0.2) is 82.3 Å². The smallest absolute Gasteiger partial charge is 0.475 e. The summed E-state index contributed by atoms with van der Waals surface area (Å²) < 4.78 is 64.4. The topological polar surface area (TPSA) is 126 Å². The van der Waals surface area contributed by atoms with E-state index in [1.165, 1.54) is 0 Å². The molecule has 186 valence electrons. The quantitative estimate of drug-likeness (QED) is 0.440. The Balaban J connectivity index is 0.000000429. The predicted molar refractivity (Wildman–Crippen MR) is 119 cm³/mol. The largest absolute Gasteiger partial charge is 0.490 e. The van der Waals surface area contributed by atoms with Crippen LogP contribution in [0.4, 0.5) is 18.9 Å². The zero-order chi connectivity index (χ0) is 25.7. The van der Waals surface area contributed by atoms with Crippen LogP contribution in [0.3, 0.4) is 0 Å². The molecule has 3 N–H and O–H groups in total. The van der Waals surface area contributed by atoms with Gasteiger partial charge in [-0.05, 0) is 54.8 Å². The molecule has 0 unspecified atom stereocenters. The molecule has 35 heavy (non-hydrogen) atoms. The highest BCUT2D eigenvalue weighted by Crippen LogP contribution is 2.48. The second kappa shape index (κ2) is 10.2. The molecule has 1 saturated carbocycles. The Morgan fingerprint density at radius 3 is 2.06 bits per heavy atom. The second-order valence-corrected chi connectivity index (χ2v) is 9.33. The molecule has 12 heteroatoms. The van der Waals surface area contributed by atoms with Crippen molar-refractivity contribution < 1.29 is 40.7 Å². The summed E-state index contributed by atoms with van der Waals surface area (Å²) >= 11 is 0. The van der Waals surface area contributed by atoms with Crippen LogP contribution in [0.5, 0.6) is 0 Å². The molecule has 2 aromatic carbocycles. The van der Waals surface area contributed by atoms with E-state index in [1.807, 2.05) is 18.2 Å². The first kappa shape index (κ1) is 25.8. The van der Waals surface area contributed by atoms with Gasteiger partial charge in [0, 0.05) is 5.69 Å². The Morgan fingerprint density at radius 1 is 0.971 bits per heavy atom. The number of hydrogen-bond acceptors (Lipinski definition) is 5. The van der Waals surface area contributed by atoms with Crippen molar-refractivity contribution in [1.29, 1.82) is 0 Å². The summed E-state index contributed by atoms with van der Waals surface area (Å²) in [5, 5.41) is 10.0. The van der Waals surface area contributed by atoms with Crippen LogP contribution in [0.2, 0.25) is 0 Å². The fourth-order valence-corrected chi connectivity index (χ4v) is 4.27. The Kier molecular flexibility index (Phi) is 7.54. The molecule has 1 heterocycles. The van der Waals surface area contributed by atoms with Crippen molar-refractivity contribution in [3.05, 3.63) is 84.3 Å². The zero-order valence-corrected chi connectivity index (χ0v) is 18.9. The molecular formula is C23H21F3N2O6S. The average Bonchev–Trinajstić information content (AvgIpc) is 3.46. The summed E-state index contributed by atoms with van der Waals surface area (Å²) in [6, 6.07) is 18.8. The van der Waals surface area contributed by atoms with Gasteiger partial charge in [-0.1, -0.05) is 30.3 Å². The number of furan rings is 1. The van der Waals surface area contributed by atoms with E-state index >= 15 is 0 Å². The molecule has 1 aliphatic rings. The third-order valence-electron chi connectivity index (χ3n) is 5.17. The normalized spacial score (nSPS) is 14.3. The van der Waals surface area contributed by atoms with Gasteiger partial charge in [-0.15, -0.1) is 0 Å². The second-order valence-electron chi connectivity index (χ2n) is 7.64. The van der Waals surface area contributed by atoms with Gasteiger partial charge in [-0.3, -0.25) is 9.52 Å². The molecule has 0 bridgehead atoms. The van der Waals surface area contributed by atoms with Crippen LogP contribution in [0.25, 0.3) is 0 Å². The van der Waals surface area contributed by atoms with Crippen molar-refractivity contribution in [1.82, 2.24) is 5.32 Å². The van der Waals surface area contributed by atoms with Gasteiger partial charge < -0.3 is 14.8 Å². The summed E-state index contributed by atoms with van der Waals surface area (Å²) in [5.41, 5.74) is 0.801. The standard InChI is InChI=1S/C21H20N2O4S.C2HF3O2/c24-20(22-15-18-5-4-14-27-18)21(12-13-21)16-8-10-17(11-9-16)23-28(25,26)19-6-2-1-3-7-19;3-2(4,5)1(6)7/h1-11,14,23H,12-13,15H2,(H,22,24);(H,6,7). The molecule has 0 saturated heterocycles. The number of rotatable bonds is 7. The maximum atomic E-state index is 12.7. The van der Waals surface area contributed by atoms with Gasteiger partial charge >= 0.3 is 12.1 Å². The molecule has 0 aliphatic heterocycles. The first-order valence-corrected chi connectivity index (χ1v) is 11.7. The van der Waals surface area contributed by atoms with E-state index in [4.69, 9.17) is 14.3 Å². The van der Waals surface area contributed by atoms with E-state index in [9.17, 15) is 26.4 Å². The zero-order valence-electron chi connectivity index (χ0n) is 18.1. The van der Waals surface area contributed by atoms with Gasteiger partial charge in [0.25, 0.3) is 10.0 Å². The number of hydrogen-bond donors (Lipinski definition) is 3. The minimum absolute atomic E-state index is 0.0403. The summed E-state index contributed by atoms with van der Waals surface area (Å²) in [6.07, 6.45) is -1.97. The Hall–Kier alpha value is -3.80. The van der Waals surface area contributed by atoms with Crippen molar-refractivity contribution in [2.45, 2.75) is 35.9 Å². The molecule has 0 atom stereocenters. The van der Waals surface area contributed by atoms with E-state index in [0.29, 0.717) is 18.0 Å².